The van der Waals surface area contributed by atoms with Gasteiger partial charge >= 0.3 is 0 Å². The minimum absolute atomic E-state index is 0.0728. The van der Waals surface area contributed by atoms with Crippen LogP contribution in [0.1, 0.15) is 31.2 Å². The van der Waals surface area contributed by atoms with Gasteiger partial charge in [0.2, 0.25) is 20.0 Å². The molecule has 0 radical (unpaired) electrons. The van der Waals surface area contributed by atoms with E-state index in [4.69, 9.17) is 0 Å². The fraction of sp³-hybridized carbons (Fsp3) is 0.400. The van der Waals surface area contributed by atoms with E-state index in [-0.39, 0.29) is 22.4 Å². The summed E-state index contributed by atoms with van der Waals surface area (Å²) in [6, 6.07) is 11.2. The van der Waals surface area contributed by atoms with Crippen LogP contribution in [0.15, 0.2) is 58.3 Å². The van der Waals surface area contributed by atoms with Crippen molar-refractivity contribution in [3.05, 3.63) is 59.9 Å². The van der Waals surface area contributed by atoms with Crippen LogP contribution in [0.4, 0.5) is 4.39 Å². The molecule has 0 aromatic heterocycles. The summed E-state index contributed by atoms with van der Waals surface area (Å²) in [6.45, 7) is 2.38. The molecule has 1 atom stereocenters. The topological polar surface area (TPSA) is 83.6 Å². The summed E-state index contributed by atoms with van der Waals surface area (Å²) in [6.07, 6.45) is 2.68. The van der Waals surface area contributed by atoms with Crippen LogP contribution >= 0.6 is 0 Å². The van der Waals surface area contributed by atoms with E-state index in [1.54, 1.807) is 24.3 Å². The van der Waals surface area contributed by atoms with E-state index in [1.807, 2.05) is 6.92 Å². The quantitative estimate of drug-likeness (QED) is 0.717. The lowest BCUT2D eigenvalue weighted by Crippen LogP contribution is -2.45. The molecule has 0 aliphatic carbocycles. The van der Waals surface area contributed by atoms with Crippen LogP contribution in [0.5, 0.6) is 0 Å². The van der Waals surface area contributed by atoms with Crippen molar-refractivity contribution in [2.75, 3.05) is 13.1 Å². The zero-order valence-corrected chi connectivity index (χ0v) is 17.8. The van der Waals surface area contributed by atoms with Crippen molar-refractivity contribution in [1.82, 2.24) is 9.03 Å². The van der Waals surface area contributed by atoms with E-state index in [2.05, 4.69) is 4.72 Å². The number of rotatable bonds is 7. The second-order valence-electron chi connectivity index (χ2n) is 7.22. The van der Waals surface area contributed by atoms with Crippen LogP contribution in [0, 0.1) is 12.7 Å². The molecule has 1 heterocycles. The Labute approximate surface area is 171 Å². The average molecular weight is 441 g/mol. The predicted molar refractivity (Wildman–Crippen MR) is 109 cm³/mol. The maximum atomic E-state index is 13.3. The molecule has 9 heteroatoms. The maximum absolute atomic E-state index is 13.3. The summed E-state index contributed by atoms with van der Waals surface area (Å²) >= 11 is 0. The fourth-order valence-corrected chi connectivity index (χ4v) is 6.30. The van der Waals surface area contributed by atoms with E-state index in [9.17, 15) is 21.2 Å². The monoisotopic (exact) mass is 440 g/mol. The lowest BCUT2D eigenvalue weighted by Gasteiger charge is -2.34. The molecule has 1 unspecified atom stereocenters. The summed E-state index contributed by atoms with van der Waals surface area (Å²) in [5.41, 5.74) is 0.978. The van der Waals surface area contributed by atoms with Crippen LogP contribution in [0.3, 0.4) is 0 Å². The van der Waals surface area contributed by atoms with Crippen LogP contribution in [-0.4, -0.2) is 40.3 Å². The molecule has 0 amide bonds. The summed E-state index contributed by atoms with van der Waals surface area (Å²) in [4.78, 5) is 0.0978. The van der Waals surface area contributed by atoms with Gasteiger partial charge in [-0.2, -0.15) is 4.31 Å². The number of hydrogen-bond donors (Lipinski definition) is 1. The highest BCUT2D eigenvalue weighted by molar-refractivity contribution is 7.89. The van der Waals surface area contributed by atoms with E-state index in [0.717, 1.165) is 24.5 Å². The number of piperidine rings is 1. The van der Waals surface area contributed by atoms with Crippen molar-refractivity contribution in [3.8, 4) is 0 Å². The van der Waals surface area contributed by atoms with Crippen molar-refractivity contribution in [2.24, 2.45) is 0 Å². The highest BCUT2D eigenvalue weighted by Crippen LogP contribution is 2.27. The molecule has 6 nitrogen and oxygen atoms in total. The largest absolute Gasteiger partial charge is 0.243 e. The molecule has 1 aliphatic rings. The van der Waals surface area contributed by atoms with Gasteiger partial charge in [-0.25, -0.2) is 25.9 Å². The molecule has 1 saturated heterocycles. The molecule has 1 fully saturated rings. The third kappa shape index (κ3) is 5.22. The van der Waals surface area contributed by atoms with Gasteiger partial charge < -0.3 is 0 Å². The molecule has 2 aromatic carbocycles. The molecular weight excluding hydrogens is 415 g/mol. The van der Waals surface area contributed by atoms with Crippen molar-refractivity contribution >= 4 is 20.0 Å². The Hall–Kier alpha value is -1.81. The first-order chi connectivity index (χ1) is 13.7. The normalized spacial score (nSPS) is 18.6. The van der Waals surface area contributed by atoms with Gasteiger partial charge in [0, 0.05) is 19.1 Å². The van der Waals surface area contributed by atoms with Gasteiger partial charge in [-0.3, -0.25) is 0 Å². The second-order valence-corrected chi connectivity index (χ2v) is 10.9. The minimum atomic E-state index is -3.85. The molecule has 2 aromatic rings. The smallest absolute Gasteiger partial charge is 0.211 e. The van der Waals surface area contributed by atoms with E-state index in [0.29, 0.717) is 19.4 Å². The molecule has 1 aliphatic heterocycles. The number of halogens is 1. The highest BCUT2D eigenvalue weighted by atomic mass is 32.2. The van der Waals surface area contributed by atoms with Crippen molar-refractivity contribution in [2.45, 2.75) is 48.4 Å². The zero-order chi connectivity index (χ0) is 21.1. The van der Waals surface area contributed by atoms with Gasteiger partial charge in [0.1, 0.15) is 5.82 Å². The number of nitrogens with one attached hydrogen (secondary N) is 1. The van der Waals surface area contributed by atoms with Gasteiger partial charge in [-0.15, -0.1) is 0 Å². The number of aryl methyl sites for hydroxylation is 1. The molecule has 29 heavy (non-hydrogen) atoms. The Balaban J connectivity index is 1.70. The maximum Gasteiger partial charge on any atom is 0.243 e. The number of sulfonamides is 2. The van der Waals surface area contributed by atoms with Gasteiger partial charge in [0.15, 0.2) is 0 Å². The Bertz CT molecular complexity index is 1050. The van der Waals surface area contributed by atoms with Crippen molar-refractivity contribution in [3.63, 3.8) is 0 Å². The zero-order valence-electron chi connectivity index (χ0n) is 16.2. The summed E-state index contributed by atoms with van der Waals surface area (Å²) in [7, 11) is -7.50. The van der Waals surface area contributed by atoms with Crippen molar-refractivity contribution in [1.29, 1.82) is 0 Å². The Morgan fingerprint density at radius 2 is 1.76 bits per heavy atom. The average Bonchev–Trinajstić information content (AvgIpc) is 2.68. The van der Waals surface area contributed by atoms with Crippen LogP contribution in [0.25, 0.3) is 0 Å². The summed E-state index contributed by atoms with van der Waals surface area (Å²) in [5, 5.41) is 0. The standard InChI is InChI=1S/C20H25FN2O4S2/c1-16-8-10-19(11-9-16)29(26,27)23-14-3-2-6-18(23)12-13-22-28(24,25)20-7-4-5-17(21)15-20/h4-5,7-11,15,18,22H,2-3,6,12-14H2,1H3. The summed E-state index contributed by atoms with van der Waals surface area (Å²) < 4.78 is 68.1. The molecule has 1 N–H and O–H groups in total. The first-order valence-corrected chi connectivity index (χ1v) is 12.5. The minimum Gasteiger partial charge on any atom is -0.211 e. The lowest BCUT2D eigenvalue weighted by molar-refractivity contribution is 0.242. The third-order valence-corrected chi connectivity index (χ3v) is 8.50. The van der Waals surface area contributed by atoms with Crippen LogP contribution in [-0.2, 0) is 20.0 Å². The third-order valence-electron chi connectivity index (χ3n) is 5.08. The SMILES string of the molecule is Cc1ccc(S(=O)(=O)N2CCCCC2CCNS(=O)(=O)c2cccc(F)c2)cc1. The van der Waals surface area contributed by atoms with E-state index >= 15 is 0 Å². The lowest BCUT2D eigenvalue weighted by atomic mass is 10.0. The first-order valence-electron chi connectivity index (χ1n) is 9.54. The number of benzene rings is 2. The van der Waals surface area contributed by atoms with Gasteiger partial charge in [0.05, 0.1) is 9.79 Å². The van der Waals surface area contributed by atoms with E-state index < -0.39 is 25.9 Å². The highest BCUT2D eigenvalue weighted by Gasteiger charge is 2.33. The van der Waals surface area contributed by atoms with E-state index in [1.165, 1.54) is 22.5 Å². The fourth-order valence-electron chi connectivity index (χ4n) is 3.50. The second kappa shape index (κ2) is 8.91. The van der Waals surface area contributed by atoms with Crippen LogP contribution < -0.4 is 4.72 Å². The Kier molecular flexibility index (Phi) is 6.72. The molecule has 0 saturated carbocycles. The first kappa shape index (κ1) is 21.9. The van der Waals surface area contributed by atoms with Gasteiger partial charge in [-0.1, -0.05) is 30.2 Å². The molecule has 158 valence electrons. The Morgan fingerprint density at radius 3 is 2.45 bits per heavy atom. The number of hydrogen-bond acceptors (Lipinski definition) is 4. The molecule has 0 spiro atoms. The van der Waals surface area contributed by atoms with Crippen molar-refractivity contribution < 1.29 is 21.2 Å². The molecular formula is C20H25FN2O4S2. The Morgan fingerprint density at radius 1 is 1.03 bits per heavy atom. The molecule has 3 rings (SSSR count). The predicted octanol–water partition coefficient (Wildman–Crippen LogP) is 3.05. The van der Waals surface area contributed by atoms with Gasteiger partial charge in [-0.05, 0) is 56.5 Å². The molecule has 0 bridgehead atoms. The number of nitrogens with zero attached hydrogens (tertiary/aromatic N) is 1. The van der Waals surface area contributed by atoms with Crippen LogP contribution in [0.2, 0.25) is 0 Å². The van der Waals surface area contributed by atoms with Gasteiger partial charge in [0.25, 0.3) is 0 Å². The summed E-state index contributed by atoms with van der Waals surface area (Å²) in [5.74, 6) is -0.629.